The fraction of sp³-hybridized carbons (Fsp3) is 0.692. The topological polar surface area (TPSA) is 66.6 Å². The summed E-state index contributed by atoms with van der Waals surface area (Å²) in [6.45, 7) is 7.50. The molecule has 0 aliphatic carbocycles. The van der Waals surface area contributed by atoms with Crippen LogP contribution in [0.1, 0.15) is 45.2 Å². The maximum Gasteiger partial charge on any atom is 0.320 e. The average molecular weight is 252 g/mol. The number of hydrogen-bond acceptors (Lipinski definition) is 4. The zero-order valence-corrected chi connectivity index (χ0v) is 11.1. The molecule has 2 heterocycles. The highest BCUT2D eigenvalue weighted by Crippen LogP contribution is 2.24. The molecule has 1 unspecified atom stereocenters. The Morgan fingerprint density at radius 1 is 1.61 bits per heavy atom. The molecule has 0 spiro atoms. The summed E-state index contributed by atoms with van der Waals surface area (Å²) in [5, 5.41) is 9.10. The molecule has 100 valence electrons. The minimum absolute atomic E-state index is 0.0427. The molecule has 18 heavy (non-hydrogen) atoms. The van der Waals surface area contributed by atoms with Gasteiger partial charge in [0.15, 0.2) is 0 Å². The SMILES string of the molecule is CC(C)(C)c1coc(CN2CCCC2C(=O)O)n1. The van der Waals surface area contributed by atoms with Gasteiger partial charge in [0.2, 0.25) is 5.89 Å². The fourth-order valence-corrected chi connectivity index (χ4v) is 2.20. The second-order valence-electron chi connectivity index (χ2n) is 5.84. The van der Waals surface area contributed by atoms with Crippen molar-refractivity contribution in [2.24, 2.45) is 0 Å². The van der Waals surface area contributed by atoms with E-state index in [0.29, 0.717) is 18.9 Å². The van der Waals surface area contributed by atoms with Gasteiger partial charge in [-0.25, -0.2) is 4.98 Å². The van der Waals surface area contributed by atoms with Crippen molar-refractivity contribution in [3.05, 3.63) is 17.8 Å². The van der Waals surface area contributed by atoms with Crippen molar-refractivity contribution in [1.29, 1.82) is 0 Å². The first-order valence-electron chi connectivity index (χ1n) is 6.29. The van der Waals surface area contributed by atoms with Crippen molar-refractivity contribution in [3.8, 4) is 0 Å². The normalized spacial score (nSPS) is 21.4. The zero-order valence-electron chi connectivity index (χ0n) is 11.1. The molecule has 1 saturated heterocycles. The first-order valence-corrected chi connectivity index (χ1v) is 6.29. The predicted octanol–water partition coefficient (Wildman–Crippen LogP) is 2.02. The van der Waals surface area contributed by atoms with Gasteiger partial charge in [0.25, 0.3) is 0 Å². The smallest absolute Gasteiger partial charge is 0.320 e. The Morgan fingerprint density at radius 2 is 2.33 bits per heavy atom. The number of nitrogens with zero attached hydrogens (tertiary/aromatic N) is 2. The van der Waals surface area contributed by atoms with Gasteiger partial charge in [-0.1, -0.05) is 20.8 Å². The number of likely N-dealkylation sites (tertiary alicyclic amines) is 1. The highest BCUT2D eigenvalue weighted by molar-refractivity contribution is 5.73. The van der Waals surface area contributed by atoms with Crippen LogP contribution in [0.15, 0.2) is 10.7 Å². The third-order valence-corrected chi connectivity index (χ3v) is 3.31. The molecule has 1 aliphatic heterocycles. The van der Waals surface area contributed by atoms with Gasteiger partial charge < -0.3 is 9.52 Å². The molecular formula is C13H20N2O3. The zero-order chi connectivity index (χ0) is 13.3. The highest BCUT2D eigenvalue weighted by Gasteiger charge is 2.31. The van der Waals surface area contributed by atoms with E-state index in [1.165, 1.54) is 0 Å². The van der Waals surface area contributed by atoms with Crippen LogP contribution in [0, 0.1) is 0 Å². The summed E-state index contributed by atoms with van der Waals surface area (Å²) < 4.78 is 5.44. The minimum Gasteiger partial charge on any atom is -0.480 e. The Balaban J connectivity index is 2.05. The minimum atomic E-state index is -0.755. The third kappa shape index (κ3) is 2.72. The van der Waals surface area contributed by atoms with Crippen molar-refractivity contribution in [3.63, 3.8) is 0 Å². The number of aliphatic carboxylic acids is 1. The van der Waals surface area contributed by atoms with Gasteiger partial charge >= 0.3 is 5.97 Å². The standard InChI is InChI=1S/C13H20N2O3/c1-13(2,3)10-8-18-11(14-10)7-15-6-4-5-9(15)12(16)17/h8-9H,4-7H2,1-3H3,(H,16,17). The molecule has 2 rings (SSSR count). The Hall–Kier alpha value is -1.36. The van der Waals surface area contributed by atoms with E-state index in [2.05, 4.69) is 25.8 Å². The lowest BCUT2D eigenvalue weighted by Crippen LogP contribution is -2.35. The van der Waals surface area contributed by atoms with Gasteiger partial charge in [0.05, 0.1) is 12.2 Å². The number of carboxylic acid groups (broad SMARTS) is 1. The van der Waals surface area contributed by atoms with E-state index in [1.54, 1.807) is 6.26 Å². The van der Waals surface area contributed by atoms with Crippen molar-refractivity contribution in [1.82, 2.24) is 9.88 Å². The van der Waals surface area contributed by atoms with Gasteiger partial charge in [-0.3, -0.25) is 9.69 Å². The lowest BCUT2D eigenvalue weighted by atomic mass is 9.93. The number of aromatic nitrogens is 1. The van der Waals surface area contributed by atoms with Crippen LogP contribution in [0.3, 0.4) is 0 Å². The van der Waals surface area contributed by atoms with Crippen LogP contribution in [0.5, 0.6) is 0 Å². The second-order valence-corrected chi connectivity index (χ2v) is 5.84. The number of hydrogen-bond donors (Lipinski definition) is 1. The van der Waals surface area contributed by atoms with Gasteiger partial charge in [-0.05, 0) is 19.4 Å². The lowest BCUT2D eigenvalue weighted by Gasteiger charge is -2.18. The summed E-state index contributed by atoms with van der Waals surface area (Å²) in [5.74, 6) is -0.150. The number of oxazole rings is 1. The van der Waals surface area contributed by atoms with Crippen LogP contribution in [0.25, 0.3) is 0 Å². The molecule has 1 fully saturated rings. The van der Waals surface area contributed by atoms with Gasteiger partial charge in [-0.15, -0.1) is 0 Å². The van der Waals surface area contributed by atoms with Crippen molar-refractivity contribution < 1.29 is 14.3 Å². The molecule has 1 N–H and O–H groups in total. The predicted molar refractivity (Wildman–Crippen MR) is 66.3 cm³/mol. The number of carboxylic acids is 1. The molecular weight excluding hydrogens is 232 g/mol. The van der Waals surface area contributed by atoms with Crippen molar-refractivity contribution in [2.45, 2.75) is 51.6 Å². The van der Waals surface area contributed by atoms with Crippen LogP contribution in [0.4, 0.5) is 0 Å². The molecule has 1 aromatic rings. The maximum absolute atomic E-state index is 11.1. The van der Waals surface area contributed by atoms with Crippen molar-refractivity contribution >= 4 is 5.97 Å². The average Bonchev–Trinajstić information content (AvgIpc) is 2.85. The summed E-state index contributed by atoms with van der Waals surface area (Å²) in [7, 11) is 0. The van der Waals surface area contributed by atoms with E-state index in [9.17, 15) is 4.79 Å². The first kappa shape index (κ1) is 13.1. The molecule has 0 bridgehead atoms. The Labute approximate surface area is 107 Å². The highest BCUT2D eigenvalue weighted by atomic mass is 16.4. The van der Waals surface area contributed by atoms with E-state index in [4.69, 9.17) is 9.52 Å². The quantitative estimate of drug-likeness (QED) is 0.891. The second kappa shape index (κ2) is 4.72. The van der Waals surface area contributed by atoms with Crippen LogP contribution in [-0.4, -0.2) is 33.5 Å². The molecule has 1 atom stereocenters. The van der Waals surface area contributed by atoms with Gasteiger partial charge in [0.1, 0.15) is 12.3 Å². The summed E-state index contributed by atoms with van der Waals surface area (Å²) in [6, 6.07) is -0.394. The van der Waals surface area contributed by atoms with Crippen LogP contribution < -0.4 is 0 Å². The molecule has 0 aromatic carbocycles. The van der Waals surface area contributed by atoms with Gasteiger partial charge in [0, 0.05) is 5.41 Å². The summed E-state index contributed by atoms with van der Waals surface area (Å²) in [6.07, 6.45) is 3.30. The van der Waals surface area contributed by atoms with Crippen LogP contribution in [-0.2, 0) is 16.8 Å². The van der Waals surface area contributed by atoms with E-state index >= 15 is 0 Å². The largest absolute Gasteiger partial charge is 0.480 e. The summed E-state index contributed by atoms with van der Waals surface area (Å²) in [4.78, 5) is 17.4. The van der Waals surface area contributed by atoms with E-state index < -0.39 is 12.0 Å². The van der Waals surface area contributed by atoms with Crippen LogP contribution in [0.2, 0.25) is 0 Å². The molecule has 5 heteroatoms. The van der Waals surface area contributed by atoms with E-state index in [0.717, 1.165) is 18.7 Å². The summed E-state index contributed by atoms with van der Waals surface area (Å²) in [5.41, 5.74) is 0.863. The Morgan fingerprint density at radius 3 is 2.89 bits per heavy atom. The first-order chi connectivity index (χ1) is 8.38. The molecule has 0 saturated carbocycles. The van der Waals surface area contributed by atoms with Crippen molar-refractivity contribution in [2.75, 3.05) is 6.54 Å². The lowest BCUT2D eigenvalue weighted by molar-refractivity contribution is -0.142. The Kier molecular flexibility index (Phi) is 3.43. The molecule has 1 aliphatic rings. The Bertz CT molecular complexity index is 434. The monoisotopic (exact) mass is 252 g/mol. The van der Waals surface area contributed by atoms with E-state index in [1.807, 2.05) is 4.90 Å². The number of rotatable bonds is 3. The molecule has 0 radical (unpaired) electrons. The number of carbonyl (C=O) groups is 1. The molecule has 5 nitrogen and oxygen atoms in total. The maximum atomic E-state index is 11.1. The van der Waals surface area contributed by atoms with E-state index in [-0.39, 0.29) is 5.41 Å². The van der Waals surface area contributed by atoms with Crippen LogP contribution >= 0.6 is 0 Å². The fourth-order valence-electron chi connectivity index (χ4n) is 2.20. The van der Waals surface area contributed by atoms with Gasteiger partial charge in [-0.2, -0.15) is 0 Å². The summed E-state index contributed by atoms with van der Waals surface area (Å²) >= 11 is 0. The third-order valence-electron chi connectivity index (χ3n) is 3.31. The molecule has 1 aromatic heterocycles. The molecule has 0 amide bonds.